The summed E-state index contributed by atoms with van der Waals surface area (Å²) >= 11 is 4.09. The highest BCUT2D eigenvalue weighted by atomic mass is 32.2. The number of thiophene rings is 1. The normalized spacial score (nSPS) is 18.2. The van der Waals surface area contributed by atoms with Gasteiger partial charge in [-0.3, -0.25) is 9.59 Å². The summed E-state index contributed by atoms with van der Waals surface area (Å²) in [4.78, 5) is 42.0. The predicted octanol–water partition coefficient (Wildman–Crippen LogP) is 3.47. The second-order valence-electron chi connectivity index (χ2n) is 6.96. The van der Waals surface area contributed by atoms with Gasteiger partial charge in [-0.1, -0.05) is 11.8 Å². The topological polar surface area (TPSA) is 100 Å². The smallest absolute Gasteiger partial charge is 0.341 e. The minimum Gasteiger partial charge on any atom is -0.462 e. The Morgan fingerprint density at radius 2 is 2.07 bits per heavy atom. The second kappa shape index (κ2) is 9.52. The minimum absolute atomic E-state index is 0.132. The molecular weight excluding hydrogens is 444 g/mol. The van der Waals surface area contributed by atoms with Crippen molar-refractivity contribution in [1.82, 2.24) is 5.01 Å². The third kappa shape index (κ3) is 4.73. The van der Waals surface area contributed by atoms with Crippen molar-refractivity contribution in [3.05, 3.63) is 16.0 Å². The van der Waals surface area contributed by atoms with Crippen molar-refractivity contribution >= 4 is 67.2 Å². The number of anilines is 1. The van der Waals surface area contributed by atoms with E-state index in [0.717, 1.165) is 31.2 Å². The van der Waals surface area contributed by atoms with Gasteiger partial charge in [-0.15, -0.1) is 11.3 Å². The molecule has 0 fully saturated rings. The Morgan fingerprint density at radius 3 is 2.90 bits per heavy atom. The van der Waals surface area contributed by atoms with Crippen molar-refractivity contribution in [2.75, 3.05) is 24.2 Å². The highest BCUT2D eigenvalue weighted by Gasteiger charge is 2.29. The standard InChI is InChI=1S/C19H22N4O4S3/c1-2-27-17(26)15-11-6-3-4-7-12(11)29-16(15)20-14(25)10-28-19-22-23-9-5-8-13(24)21-18(23)30-19/h2-10H2,1H3,(H,20,25). The largest absolute Gasteiger partial charge is 0.462 e. The van der Waals surface area contributed by atoms with Gasteiger partial charge >= 0.3 is 5.97 Å². The van der Waals surface area contributed by atoms with Gasteiger partial charge in [0.15, 0.2) is 9.54 Å². The van der Waals surface area contributed by atoms with E-state index in [-0.39, 0.29) is 23.5 Å². The van der Waals surface area contributed by atoms with Gasteiger partial charge in [0.05, 0.1) is 17.9 Å². The van der Waals surface area contributed by atoms with Crippen LogP contribution >= 0.6 is 34.9 Å². The fourth-order valence-electron chi connectivity index (χ4n) is 3.48. The van der Waals surface area contributed by atoms with Crippen LogP contribution in [-0.2, 0) is 27.2 Å². The molecule has 0 atom stereocenters. The molecule has 0 spiro atoms. The molecule has 2 aliphatic heterocycles. The number of hydrazone groups is 1. The van der Waals surface area contributed by atoms with Crippen LogP contribution in [0.2, 0.25) is 0 Å². The Kier molecular flexibility index (Phi) is 6.79. The van der Waals surface area contributed by atoms with Crippen LogP contribution in [-0.4, -0.2) is 51.2 Å². The first kappa shape index (κ1) is 21.4. The summed E-state index contributed by atoms with van der Waals surface area (Å²) in [5, 5.41) is 10.2. The fraction of sp³-hybridized carbons (Fsp3) is 0.526. The lowest BCUT2D eigenvalue weighted by atomic mass is 9.95. The number of rotatable bonds is 5. The quantitative estimate of drug-likeness (QED) is 0.663. The summed E-state index contributed by atoms with van der Waals surface area (Å²) in [5.41, 5.74) is 1.54. The molecule has 0 unspecified atom stereocenters. The van der Waals surface area contributed by atoms with E-state index >= 15 is 0 Å². The van der Waals surface area contributed by atoms with Crippen molar-refractivity contribution in [3.63, 3.8) is 0 Å². The number of aryl methyl sites for hydroxylation is 1. The number of ether oxygens (including phenoxy) is 1. The molecule has 0 bridgehead atoms. The zero-order chi connectivity index (χ0) is 21.1. The number of amides is 2. The molecular formula is C19H22N4O4S3. The van der Waals surface area contributed by atoms with Gasteiger partial charge < -0.3 is 10.1 Å². The van der Waals surface area contributed by atoms with Gasteiger partial charge in [0.25, 0.3) is 0 Å². The third-order valence-electron chi connectivity index (χ3n) is 4.81. The molecule has 3 heterocycles. The van der Waals surface area contributed by atoms with Gasteiger partial charge in [-0.2, -0.15) is 10.1 Å². The van der Waals surface area contributed by atoms with Crippen molar-refractivity contribution in [3.8, 4) is 0 Å². The molecule has 1 aromatic rings. The number of amidine groups is 1. The number of fused-ring (bicyclic) bond motifs is 2. The monoisotopic (exact) mass is 466 g/mol. The van der Waals surface area contributed by atoms with Crippen molar-refractivity contribution in [2.24, 2.45) is 10.1 Å². The van der Waals surface area contributed by atoms with Gasteiger partial charge in [0.2, 0.25) is 11.8 Å². The maximum atomic E-state index is 12.6. The first-order valence-corrected chi connectivity index (χ1v) is 12.6. The zero-order valence-electron chi connectivity index (χ0n) is 16.6. The molecule has 0 saturated heterocycles. The molecule has 30 heavy (non-hydrogen) atoms. The van der Waals surface area contributed by atoms with Crippen LogP contribution in [0.15, 0.2) is 10.1 Å². The number of carbonyl (C=O) groups is 3. The molecule has 1 aromatic heterocycles. The lowest BCUT2D eigenvalue weighted by Gasteiger charge is -2.12. The zero-order valence-corrected chi connectivity index (χ0v) is 19.0. The Balaban J connectivity index is 1.41. The van der Waals surface area contributed by atoms with Gasteiger partial charge in [0, 0.05) is 17.8 Å². The molecule has 1 aliphatic carbocycles. The molecule has 0 aromatic carbocycles. The molecule has 0 saturated carbocycles. The molecule has 4 rings (SSSR count). The maximum Gasteiger partial charge on any atom is 0.341 e. The van der Waals surface area contributed by atoms with Crippen LogP contribution in [0.25, 0.3) is 0 Å². The summed E-state index contributed by atoms with van der Waals surface area (Å²) in [6, 6.07) is 0. The molecule has 8 nitrogen and oxygen atoms in total. The molecule has 160 valence electrons. The number of carbonyl (C=O) groups excluding carboxylic acids is 3. The average molecular weight is 467 g/mol. The molecule has 11 heteroatoms. The summed E-state index contributed by atoms with van der Waals surface area (Å²) in [6.07, 6.45) is 5.07. The van der Waals surface area contributed by atoms with E-state index in [0.29, 0.717) is 46.1 Å². The lowest BCUT2D eigenvalue weighted by molar-refractivity contribution is -0.117. The number of nitrogens with zero attached hydrogens (tertiary/aromatic N) is 3. The SMILES string of the molecule is CCOC(=O)c1c(NC(=O)CSC2=NN3CCCC(=O)N=C3S2)sc2c1CCCC2. The van der Waals surface area contributed by atoms with Crippen molar-refractivity contribution < 1.29 is 19.1 Å². The highest BCUT2D eigenvalue weighted by molar-refractivity contribution is 8.45. The summed E-state index contributed by atoms with van der Waals surface area (Å²) in [5.74, 6) is -0.544. The molecule has 1 N–H and O–H groups in total. The van der Waals surface area contributed by atoms with Crippen LogP contribution in [0.1, 0.15) is 53.4 Å². The van der Waals surface area contributed by atoms with Gasteiger partial charge in [-0.25, -0.2) is 9.80 Å². The van der Waals surface area contributed by atoms with E-state index in [1.54, 1.807) is 11.9 Å². The van der Waals surface area contributed by atoms with E-state index in [2.05, 4.69) is 15.4 Å². The summed E-state index contributed by atoms with van der Waals surface area (Å²) in [7, 11) is 0. The molecule has 0 radical (unpaired) electrons. The van der Waals surface area contributed by atoms with Crippen LogP contribution in [0.5, 0.6) is 0 Å². The summed E-state index contributed by atoms with van der Waals surface area (Å²) < 4.78 is 5.92. The van der Waals surface area contributed by atoms with Crippen molar-refractivity contribution in [1.29, 1.82) is 0 Å². The minimum atomic E-state index is -0.369. The van der Waals surface area contributed by atoms with E-state index < -0.39 is 0 Å². The van der Waals surface area contributed by atoms with E-state index in [9.17, 15) is 14.4 Å². The predicted molar refractivity (Wildman–Crippen MR) is 121 cm³/mol. The van der Waals surface area contributed by atoms with Crippen LogP contribution in [0.3, 0.4) is 0 Å². The highest BCUT2D eigenvalue weighted by Crippen LogP contribution is 2.39. The number of thioether (sulfide) groups is 2. The average Bonchev–Trinajstić information content (AvgIpc) is 3.22. The van der Waals surface area contributed by atoms with E-state index in [4.69, 9.17) is 4.74 Å². The number of hydrogen-bond acceptors (Lipinski definition) is 9. The second-order valence-corrected chi connectivity index (χ2v) is 10.2. The van der Waals surface area contributed by atoms with Gasteiger partial charge in [-0.05, 0) is 56.4 Å². The molecule has 2 amide bonds. The first-order chi connectivity index (χ1) is 14.5. The van der Waals surface area contributed by atoms with Crippen molar-refractivity contribution in [2.45, 2.75) is 45.4 Å². The maximum absolute atomic E-state index is 12.6. The van der Waals surface area contributed by atoms with Crippen LogP contribution in [0, 0.1) is 0 Å². The lowest BCUT2D eigenvalue weighted by Crippen LogP contribution is -2.18. The Bertz CT molecular complexity index is 940. The van der Waals surface area contributed by atoms with Gasteiger partial charge in [0.1, 0.15) is 5.00 Å². The fourth-order valence-corrected chi connectivity index (χ4v) is 6.58. The Labute approximate surface area is 186 Å². The Morgan fingerprint density at radius 1 is 1.23 bits per heavy atom. The Hall–Kier alpha value is -1.85. The number of aliphatic imine (C=N–C) groups is 1. The first-order valence-electron chi connectivity index (χ1n) is 9.95. The third-order valence-corrected chi connectivity index (χ3v) is 8.10. The number of nitrogens with one attached hydrogen (secondary N) is 1. The van der Waals surface area contributed by atoms with E-state index in [1.165, 1.54) is 39.7 Å². The molecule has 3 aliphatic rings. The van der Waals surface area contributed by atoms with E-state index in [1.807, 2.05) is 0 Å². The summed E-state index contributed by atoms with van der Waals surface area (Å²) in [6.45, 7) is 2.73. The van der Waals surface area contributed by atoms with Crippen LogP contribution in [0.4, 0.5) is 5.00 Å². The van der Waals surface area contributed by atoms with Crippen LogP contribution < -0.4 is 5.32 Å². The number of hydrogen-bond donors (Lipinski definition) is 1. The number of esters is 1.